The zero-order valence-electron chi connectivity index (χ0n) is 9.21. The lowest BCUT2D eigenvalue weighted by Crippen LogP contribution is -2.23. The molecule has 2 aromatic rings. The number of rotatable bonds is 5. The number of hydrogen-bond donors (Lipinski definition) is 0. The van der Waals surface area contributed by atoms with Crippen molar-refractivity contribution < 1.29 is 9.53 Å². The van der Waals surface area contributed by atoms with Gasteiger partial charge in [0.15, 0.2) is 17.1 Å². The van der Waals surface area contributed by atoms with E-state index in [1.807, 2.05) is 23.5 Å². The lowest BCUT2D eigenvalue weighted by Gasteiger charge is -2.15. The van der Waals surface area contributed by atoms with E-state index in [-0.39, 0.29) is 0 Å². The van der Waals surface area contributed by atoms with Gasteiger partial charge in [-0.25, -0.2) is 4.98 Å². The molecule has 0 amide bonds. The number of carbonyl (C=O) groups is 1. The summed E-state index contributed by atoms with van der Waals surface area (Å²) in [6.07, 6.45) is 2.69. The molecule has 0 unspecified atom stereocenters. The first-order valence-electron chi connectivity index (χ1n) is 4.88. The van der Waals surface area contributed by atoms with Crippen LogP contribution in [-0.4, -0.2) is 43.0 Å². The summed E-state index contributed by atoms with van der Waals surface area (Å²) in [6.45, 7) is 1.32. The number of imidazole rings is 1. The zero-order chi connectivity index (χ0) is 11.5. The molecule has 0 aliphatic carbocycles. The van der Waals surface area contributed by atoms with Crippen molar-refractivity contribution in [2.75, 3.05) is 32.2 Å². The summed E-state index contributed by atoms with van der Waals surface area (Å²) in [5, 5.41) is 1.91. The second-order valence-corrected chi connectivity index (χ2v) is 4.28. The van der Waals surface area contributed by atoms with Gasteiger partial charge in [-0.3, -0.25) is 9.20 Å². The highest BCUT2D eigenvalue weighted by Gasteiger charge is 2.15. The molecule has 5 nitrogen and oxygen atoms in total. The van der Waals surface area contributed by atoms with Crippen LogP contribution in [0.15, 0.2) is 11.6 Å². The van der Waals surface area contributed by atoms with Gasteiger partial charge in [0, 0.05) is 32.3 Å². The topological polar surface area (TPSA) is 46.8 Å². The summed E-state index contributed by atoms with van der Waals surface area (Å²) in [5.41, 5.74) is 0.592. The van der Waals surface area contributed by atoms with Gasteiger partial charge < -0.3 is 9.64 Å². The van der Waals surface area contributed by atoms with Crippen LogP contribution in [0.25, 0.3) is 4.96 Å². The number of nitrogens with zero attached hydrogens (tertiary/aromatic N) is 3. The molecule has 2 heterocycles. The molecule has 0 aliphatic rings. The Bertz CT molecular complexity index is 491. The Kier molecular flexibility index (Phi) is 3.21. The quantitative estimate of drug-likeness (QED) is 0.738. The number of ether oxygens (including phenoxy) is 1. The van der Waals surface area contributed by atoms with Gasteiger partial charge in [0.25, 0.3) is 0 Å². The van der Waals surface area contributed by atoms with Gasteiger partial charge in [0.1, 0.15) is 5.69 Å². The van der Waals surface area contributed by atoms with Gasteiger partial charge >= 0.3 is 0 Å². The molecule has 0 spiro atoms. The van der Waals surface area contributed by atoms with Crippen LogP contribution in [0.3, 0.4) is 0 Å². The smallest absolute Gasteiger partial charge is 0.196 e. The molecule has 0 radical (unpaired) electrons. The molecule has 2 rings (SSSR count). The van der Waals surface area contributed by atoms with Crippen molar-refractivity contribution >= 4 is 28.4 Å². The molecule has 86 valence electrons. The fourth-order valence-corrected chi connectivity index (χ4v) is 2.23. The number of carbonyl (C=O) groups excluding carboxylic acids is 1. The van der Waals surface area contributed by atoms with E-state index in [4.69, 9.17) is 4.74 Å². The molecule has 0 aliphatic heterocycles. The second kappa shape index (κ2) is 4.63. The summed E-state index contributed by atoms with van der Waals surface area (Å²) in [4.78, 5) is 18.2. The number of likely N-dealkylation sites (N-methyl/N-ethyl adjacent to an activating group) is 1. The number of hydrogen-bond acceptors (Lipinski definition) is 5. The van der Waals surface area contributed by atoms with E-state index < -0.39 is 0 Å². The van der Waals surface area contributed by atoms with Crippen molar-refractivity contribution in [3.05, 3.63) is 17.3 Å². The summed E-state index contributed by atoms with van der Waals surface area (Å²) >= 11 is 1.51. The van der Waals surface area contributed by atoms with Gasteiger partial charge in [0.05, 0.1) is 6.61 Å². The molecule has 0 fully saturated rings. The molecule has 0 N–H and O–H groups in total. The number of fused-ring (bicyclic) bond motifs is 1. The van der Waals surface area contributed by atoms with Crippen LogP contribution in [0, 0.1) is 0 Å². The maximum atomic E-state index is 11.1. The third-order valence-corrected chi connectivity index (χ3v) is 3.14. The summed E-state index contributed by atoms with van der Waals surface area (Å²) in [7, 11) is 3.55. The molecular formula is C10H13N3O2S. The predicted molar refractivity (Wildman–Crippen MR) is 63.6 cm³/mol. The highest BCUT2D eigenvalue weighted by atomic mass is 32.1. The number of aldehydes is 1. The molecule has 0 bridgehead atoms. The lowest BCUT2D eigenvalue weighted by molar-refractivity contribution is 0.111. The Morgan fingerprint density at radius 1 is 1.69 bits per heavy atom. The normalized spacial score (nSPS) is 10.9. The van der Waals surface area contributed by atoms with Crippen molar-refractivity contribution in [2.45, 2.75) is 0 Å². The third-order valence-electron chi connectivity index (χ3n) is 2.38. The van der Waals surface area contributed by atoms with E-state index in [0.29, 0.717) is 24.7 Å². The van der Waals surface area contributed by atoms with Crippen LogP contribution in [-0.2, 0) is 4.74 Å². The SMILES string of the molecule is COCCN(C)c1nc2sccn2c1C=O. The Hall–Kier alpha value is -1.40. The van der Waals surface area contributed by atoms with Crippen LogP contribution in [0.1, 0.15) is 10.5 Å². The first kappa shape index (κ1) is 11.1. The fraction of sp³-hybridized carbons (Fsp3) is 0.400. The van der Waals surface area contributed by atoms with Crippen molar-refractivity contribution in [1.82, 2.24) is 9.38 Å². The highest BCUT2D eigenvalue weighted by molar-refractivity contribution is 7.15. The van der Waals surface area contributed by atoms with E-state index in [1.165, 1.54) is 11.3 Å². The summed E-state index contributed by atoms with van der Waals surface area (Å²) in [5.74, 6) is 0.707. The molecule has 0 aromatic carbocycles. The average molecular weight is 239 g/mol. The van der Waals surface area contributed by atoms with Crippen LogP contribution in [0.5, 0.6) is 0 Å². The summed E-state index contributed by atoms with van der Waals surface area (Å²) < 4.78 is 6.80. The first-order valence-corrected chi connectivity index (χ1v) is 5.76. The van der Waals surface area contributed by atoms with Crippen LogP contribution < -0.4 is 4.90 Å². The largest absolute Gasteiger partial charge is 0.383 e. The van der Waals surface area contributed by atoms with Crippen LogP contribution in [0.2, 0.25) is 0 Å². The Labute approximate surface area is 97.3 Å². The minimum atomic E-state index is 0.592. The van der Waals surface area contributed by atoms with Crippen molar-refractivity contribution in [3.8, 4) is 0 Å². The molecular weight excluding hydrogens is 226 g/mol. The van der Waals surface area contributed by atoms with Gasteiger partial charge in [-0.1, -0.05) is 0 Å². The van der Waals surface area contributed by atoms with E-state index in [9.17, 15) is 4.79 Å². The fourth-order valence-electron chi connectivity index (χ4n) is 1.52. The van der Waals surface area contributed by atoms with Crippen LogP contribution >= 0.6 is 11.3 Å². The Balaban J connectivity index is 2.35. The highest BCUT2D eigenvalue weighted by Crippen LogP contribution is 2.22. The average Bonchev–Trinajstić information content (AvgIpc) is 2.84. The molecule has 0 atom stereocenters. The monoisotopic (exact) mass is 239 g/mol. The zero-order valence-corrected chi connectivity index (χ0v) is 10.0. The second-order valence-electron chi connectivity index (χ2n) is 3.41. The van der Waals surface area contributed by atoms with E-state index in [2.05, 4.69) is 4.98 Å². The van der Waals surface area contributed by atoms with Crippen molar-refractivity contribution in [2.24, 2.45) is 0 Å². The number of aromatic nitrogens is 2. The first-order chi connectivity index (χ1) is 7.77. The van der Waals surface area contributed by atoms with E-state index in [1.54, 1.807) is 11.5 Å². The Morgan fingerprint density at radius 3 is 3.19 bits per heavy atom. The lowest BCUT2D eigenvalue weighted by atomic mass is 10.4. The maximum Gasteiger partial charge on any atom is 0.196 e. The van der Waals surface area contributed by atoms with Gasteiger partial charge in [0.2, 0.25) is 0 Å². The minimum absolute atomic E-state index is 0.592. The minimum Gasteiger partial charge on any atom is -0.383 e. The van der Waals surface area contributed by atoms with Crippen LogP contribution in [0.4, 0.5) is 5.82 Å². The van der Waals surface area contributed by atoms with E-state index in [0.717, 1.165) is 11.2 Å². The molecule has 0 saturated heterocycles. The predicted octanol–water partition coefficient (Wildman–Crippen LogP) is 1.29. The van der Waals surface area contributed by atoms with Crippen molar-refractivity contribution in [1.29, 1.82) is 0 Å². The number of methoxy groups -OCH3 is 1. The summed E-state index contributed by atoms with van der Waals surface area (Å²) in [6, 6.07) is 0. The van der Waals surface area contributed by atoms with Gasteiger partial charge in [-0.2, -0.15) is 0 Å². The number of thiazole rings is 1. The maximum absolute atomic E-state index is 11.1. The van der Waals surface area contributed by atoms with Crippen molar-refractivity contribution in [3.63, 3.8) is 0 Å². The molecule has 6 heteroatoms. The molecule has 16 heavy (non-hydrogen) atoms. The molecule has 0 saturated carbocycles. The number of anilines is 1. The van der Waals surface area contributed by atoms with Gasteiger partial charge in [-0.05, 0) is 0 Å². The van der Waals surface area contributed by atoms with E-state index >= 15 is 0 Å². The molecule has 2 aromatic heterocycles. The third kappa shape index (κ3) is 1.81. The Morgan fingerprint density at radius 2 is 2.50 bits per heavy atom. The standard InChI is InChI=1S/C10H13N3O2S/c1-12(3-5-15-2)9-8(7-14)13-4-6-16-10(13)11-9/h4,6-7H,3,5H2,1-2H3. The van der Waals surface area contributed by atoms with Gasteiger partial charge in [-0.15, -0.1) is 11.3 Å².